The number of aromatic nitrogens is 3. The molecule has 0 spiro atoms. The highest BCUT2D eigenvalue weighted by atomic mass is 32.2. The number of rotatable bonds is 4. The molecule has 0 atom stereocenters. The van der Waals surface area contributed by atoms with Gasteiger partial charge in [-0.25, -0.2) is 9.66 Å². The summed E-state index contributed by atoms with van der Waals surface area (Å²) in [5, 5.41) is 0. The van der Waals surface area contributed by atoms with Crippen LogP contribution in [0.25, 0.3) is 11.4 Å². The van der Waals surface area contributed by atoms with E-state index in [-0.39, 0.29) is 20.7 Å². The van der Waals surface area contributed by atoms with Crippen LogP contribution < -0.4 is 4.41 Å². The number of nitrogens with zero attached hydrogens (tertiary/aromatic N) is 4. The number of benzene rings is 1. The summed E-state index contributed by atoms with van der Waals surface area (Å²) < 4.78 is 67.0. The van der Waals surface area contributed by atoms with Crippen LogP contribution in [0.5, 0.6) is 0 Å². The molecule has 0 fully saturated rings. The van der Waals surface area contributed by atoms with Gasteiger partial charge in [0.25, 0.3) is 15.9 Å². The molecular formula is C18H15F3N4O3S. The first-order valence-electron chi connectivity index (χ1n) is 8.23. The van der Waals surface area contributed by atoms with E-state index < -0.39 is 27.8 Å². The number of halogens is 3. The van der Waals surface area contributed by atoms with E-state index in [1.165, 1.54) is 49.5 Å². The zero-order valence-corrected chi connectivity index (χ0v) is 16.1. The third-order valence-electron chi connectivity index (χ3n) is 3.96. The van der Waals surface area contributed by atoms with Crippen LogP contribution in [0.2, 0.25) is 0 Å². The van der Waals surface area contributed by atoms with Crippen molar-refractivity contribution in [1.29, 1.82) is 0 Å². The van der Waals surface area contributed by atoms with E-state index in [2.05, 4.69) is 9.97 Å². The Balaban J connectivity index is 2.31. The van der Waals surface area contributed by atoms with E-state index in [4.69, 9.17) is 0 Å². The Labute approximate surface area is 164 Å². The first-order valence-corrected chi connectivity index (χ1v) is 9.67. The van der Waals surface area contributed by atoms with Crippen molar-refractivity contribution in [2.45, 2.75) is 24.9 Å². The van der Waals surface area contributed by atoms with E-state index >= 15 is 0 Å². The van der Waals surface area contributed by atoms with Crippen LogP contribution in [-0.4, -0.2) is 29.0 Å². The van der Waals surface area contributed by atoms with Gasteiger partial charge in [0.15, 0.2) is 11.5 Å². The lowest BCUT2D eigenvalue weighted by molar-refractivity contribution is -0.141. The van der Waals surface area contributed by atoms with Crippen LogP contribution >= 0.6 is 0 Å². The lowest BCUT2D eigenvalue weighted by atomic mass is 10.2. The summed E-state index contributed by atoms with van der Waals surface area (Å²) in [7, 11) is -4.51. The van der Waals surface area contributed by atoms with Crippen LogP contribution in [0.3, 0.4) is 0 Å². The highest BCUT2D eigenvalue weighted by Gasteiger charge is 2.38. The summed E-state index contributed by atoms with van der Waals surface area (Å²) in [6.45, 7) is 2.47. The smallest absolute Gasteiger partial charge is 0.272 e. The minimum absolute atomic E-state index is 0.150. The Bertz CT molecular complexity index is 1160. The van der Waals surface area contributed by atoms with Crippen LogP contribution in [0.4, 0.5) is 13.2 Å². The van der Waals surface area contributed by atoms with Gasteiger partial charge < -0.3 is 0 Å². The van der Waals surface area contributed by atoms with Crippen LogP contribution in [0, 0.1) is 6.92 Å². The topological polar surface area (TPSA) is 85.2 Å². The molecule has 0 N–H and O–H groups in total. The monoisotopic (exact) mass is 424 g/mol. The van der Waals surface area contributed by atoms with Crippen molar-refractivity contribution in [3.05, 3.63) is 66.2 Å². The van der Waals surface area contributed by atoms with Crippen molar-refractivity contribution in [3.63, 3.8) is 0 Å². The second kappa shape index (κ2) is 7.32. The highest BCUT2D eigenvalue weighted by Crippen LogP contribution is 2.32. The Kier molecular flexibility index (Phi) is 5.18. The van der Waals surface area contributed by atoms with Crippen LogP contribution in [0.1, 0.15) is 18.3 Å². The summed E-state index contributed by atoms with van der Waals surface area (Å²) in [6.07, 6.45) is -2.95. The first kappa shape index (κ1) is 20.5. The van der Waals surface area contributed by atoms with Gasteiger partial charge in [-0.05, 0) is 31.2 Å². The fourth-order valence-corrected chi connectivity index (χ4v) is 4.07. The maximum absolute atomic E-state index is 13.3. The molecule has 3 rings (SSSR count). The average molecular weight is 424 g/mol. The van der Waals surface area contributed by atoms with Crippen molar-refractivity contribution in [1.82, 2.24) is 14.6 Å². The average Bonchev–Trinajstić information content (AvgIpc) is 3.07. The predicted molar refractivity (Wildman–Crippen MR) is 97.7 cm³/mol. The zero-order valence-electron chi connectivity index (χ0n) is 15.3. The molecule has 7 nitrogen and oxygen atoms in total. The molecule has 2 heterocycles. The lowest BCUT2D eigenvalue weighted by Crippen LogP contribution is -2.44. The van der Waals surface area contributed by atoms with Gasteiger partial charge in [-0.2, -0.15) is 21.6 Å². The molecule has 0 saturated heterocycles. The van der Waals surface area contributed by atoms with E-state index in [1.54, 1.807) is 6.07 Å². The van der Waals surface area contributed by atoms with E-state index in [0.717, 1.165) is 6.92 Å². The third kappa shape index (κ3) is 3.86. The van der Waals surface area contributed by atoms with Crippen molar-refractivity contribution < 1.29 is 26.4 Å². The summed E-state index contributed by atoms with van der Waals surface area (Å²) >= 11 is 0. The molecule has 0 unspecified atom stereocenters. The number of carbonyl (C=O) groups is 1. The molecular weight excluding hydrogens is 409 g/mol. The molecule has 1 aromatic carbocycles. The SMILES string of the molecule is CC(=O)N(n1cc(C(F)(F)F)nc1-c1cccnc1C)S(=O)(=O)c1ccccc1. The van der Waals surface area contributed by atoms with E-state index in [1.807, 2.05) is 0 Å². The number of pyridine rings is 1. The van der Waals surface area contributed by atoms with Gasteiger partial charge in [-0.1, -0.05) is 18.2 Å². The van der Waals surface area contributed by atoms with Gasteiger partial charge in [0.05, 0.1) is 11.1 Å². The van der Waals surface area contributed by atoms with Crippen molar-refractivity contribution in [3.8, 4) is 11.4 Å². The largest absolute Gasteiger partial charge is 0.434 e. The number of sulfonamides is 1. The summed E-state index contributed by atoms with van der Waals surface area (Å²) in [5.41, 5.74) is -0.878. The van der Waals surface area contributed by atoms with Gasteiger partial charge in [0.1, 0.15) is 0 Å². The Morgan fingerprint density at radius 2 is 1.76 bits per heavy atom. The summed E-state index contributed by atoms with van der Waals surface area (Å²) in [5.74, 6) is -1.39. The predicted octanol–water partition coefficient (Wildman–Crippen LogP) is 3.15. The Morgan fingerprint density at radius 1 is 1.10 bits per heavy atom. The van der Waals surface area contributed by atoms with E-state index in [0.29, 0.717) is 16.6 Å². The number of hydrogen-bond acceptors (Lipinski definition) is 5. The molecule has 0 saturated carbocycles. The number of imidazole rings is 1. The second-order valence-corrected chi connectivity index (χ2v) is 7.78. The van der Waals surface area contributed by atoms with E-state index in [9.17, 15) is 26.4 Å². The normalized spacial score (nSPS) is 12.0. The molecule has 0 aliphatic rings. The van der Waals surface area contributed by atoms with Crippen molar-refractivity contribution >= 4 is 15.9 Å². The molecule has 29 heavy (non-hydrogen) atoms. The standard InChI is InChI=1S/C18H15F3N4O3S/c1-12-15(9-6-10-22-12)17-23-16(18(19,20)21)11-24(17)25(13(2)26)29(27,28)14-7-4-3-5-8-14/h3-11H,1-2H3. The fourth-order valence-electron chi connectivity index (χ4n) is 2.68. The van der Waals surface area contributed by atoms with Crippen LogP contribution in [-0.2, 0) is 21.0 Å². The van der Waals surface area contributed by atoms with Gasteiger partial charge in [-0.15, -0.1) is 4.41 Å². The number of alkyl halides is 3. The molecule has 3 aromatic rings. The van der Waals surface area contributed by atoms with Gasteiger partial charge >= 0.3 is 6.18 Å². The lowest BCUT2D eigenvalue weighted by Gasteiger charge is -2.23. The highest BCUT2D eigenvalue weighted by molar-refractivity contribution is 7.93. The van der Waals surface area contributed by atoms with Crippen molar-refractivity contribution in [2.75, 3.05) is 4.41 Å². The number of carbonyl (C=O) groups excluding carboxylic acids is 1. The maximum atomic E-state index is 13.3. The quantitative estimate of drug-likeness (QED) is 0.642. The van der Waals surface area contributed by atoms with Gasteiger partial charge in [0, 0.05) is 24.4 Å². The zero-order chi connectivity index (χ0) is 21.4. The van der Waals surface area contributed by atoms with Crippen molar-refractivity contribution in [2.24, 2.45) is 0 Å². The number of amides is 1. The minimum atomic E-state index is -4.85. The van der Waals surface area contributed by atoms with Gasteiger partial charge in [-0.3, -0.25) is 9.78 Å². The van der Waals surface area contributed by atoms with Gasteiger partial charge in [0.2, 0.25) is 0 Å². The molecule has 11 heteroatoms. The van der Waals surface area contributed by atoms with Crippen LogP contribution in [0.15, 0.2) is 59.8 Å². The molecule has 152 valence electrons. The Hall–Kier alpha value is -3.21. The fraction of sp³-hybridized carbons (Fsp3) is 0.167. The second-order valence-electron chi connectivity index (χ2n) is 6.01. The molecule has 0 aliphatic carbocycles. The molecule has 0 aliphatic heterocycles. The third-order valence-corrected chi connectivity index (χ3v) is 5.72. The Morgan fingerprint density at radius 3 is 2.31 bits per heavy atom. The molecule has 1 amide bonds. The number of hydrogen-bond donors (Lipinski definition) is 0. The first-order chi connectivity index (χ1) is 13.5. The minimum Gasteiger partial charge on any atom is -0.272 e. The summed E-state index contributed by atoms with van der Waals surface area (Å²) in [6, 6.07) is 9.83. The summed E-state index contributed by atoms with van der Waals surface area (Å²) in [4.78, 5) is 19.6. The number of aryl methyl sites for hydroxylation is 1. The molecule has 0 radical (unpaired) electrons. The molecule has 2 aromatic heterocycles. The maximum Gasteiger partial charge on any atom is 0.434 e. The molecule has 0 bridgehead atoms.